The van der Waals surface area contributed by atoms with Gasteiger partial charge >= 0.3 is 0 Å². The van der Waals surface area contributed by atoms with Crippen LogP contribution in [-0.4, -0.2) is 18.6 Å². The standard InChI is InChI=1S/C18H18N2O2S/c1-11-5-7-13(8-6-11)16-12(2)23-18(14(16)10-19)20-17(21)15-4-3-9-22-15/h5-8,15H,3-4,9H2,1-2H3,(H,20,21)/t15-/m1/s1. The Morgan fingerprint density at radius 3 is 2.70 bits per heavy atom. The summed E-state index contributed by atoms with van der Waals surface area (Å²) >= 11 is 1.44. The summed E-state index contributed by atoms with van der Waals surface area (Å²) in [4.78, 5) is 13.3. The topological polar surface area (TPSA) is 62.1 Å². The van der Waals surface area contributed by atoms with Crippen LogP contribution in [0.5, 0.6) is 0 Å². The lowest BCUT2D eigenvalue weighted by molar-refractivity contribution is -0.124. The summed E-state index contributed by atoms with van der Waals surface area (Å²) in [5.41, 5.74) is 3.61. The lowest BCUT2D eigenvalue weighted by Gasteiger charge is -2.09. The van der Waals surface area contributed by atoms with Crippen LogP contribution in [0.25, 0.3) is 11.1 Å². The minimum absolute atomic E-state index is 0.157. The fourth-order valence-corrected chi connectivity index (χ4v) is 3.81. The molecule has 1 aliphatic rings. The van der Waals surface area contributed by atoms with Gasteiger partial charge in [0.15, 0.2) is 0 Å². The molecule has 0 spiro atoms. The fourth-order valence-electron chi connectivity index (χ4n) is 2.78. The maximum atomic E-state index is 12.2. The van der Waals surface area contributed by atoms with E-state index in [4.69, 9.17) is 4.74 Å². The van der Waals surface area contributed by atoms with Gasteiger partial charge < -0.3 is 10.1 Å². The van der Waals surface area contributed by atoms with E-state index in [-0.39, 0.29) is 5.91 Å². The molecule has 0 unspecified atom stereocenters. The Hall–Kier alpha value is -2.16. The molecule has 1 aromatic carbocycles. The first-order chi connectivity index (χ1) is 11.1. The van der Waals surface area contributed by atoms with Gasteiger partial charge in [-0.3, -0.25) is 4.79 Å². The van der Waals surface area contributed by atoms with Crippen molar-refractivity contribution in [3.63, 3.8) is 0 Å². The van der Waals surface area contributed by atoms with Gasteiger partial charge in [-0.15, -0.1) is 11.3 Å². The zero-order valence-electron chi connectivity index (χ0n) is 13.2. The molecule has 3 rings (SSSR count). The fraction of sp³-hybridized carbons (Fsp3) is 0.333. The Kier molecular flexibility index (Phi) is 4.46. The van der Waals surface area contributed by atoms with Crippen molar-refractivity contribution in [1.29, 1.82) is 5.26 Å². The second-order valence-corrected chi connectivity index (χ2v) is 6.93. The average molecular weight is 326 g/mol. The van der Waals surface area contributed by atoms with Crippen molar-refractivity contribution < 1.29 is 9.53 Å². The van der Waals surface area contributed by atoms with Crippen molar-refractivity contribution >= 4 is 22.2 Å². The number of anilines is 1. The molecule has 2 aromatic rings. The number of hydrogen-bond donors (Lipinski definition) is 1. The molecule has 5 heteroatoms. The van der Waals surface area contributed by atoms with Gasteiger partial charge in [0, 0.05) is 17.0 Å². The number of nitrogens with one attached hydrogen (secondary N) is 1. The van der Waals surface area contributed by atoms with Crippen LogP contribution in [0, 0.1) is 25.2 Å². The van der Waals surface area contributed by atoms with Gasteiger partial charge in [-0.2, -0.15) is 5.26 Å². The van der Waals surface area contributed by atoms with E-state index in [1.54, 1.807) is 0 Å². The number of nitriles is 1. The average Bonchev–Trinajstić information content (AvgIpc) is 3.16. The van der Waals surface area contributed by atoms with E-state index in [0.29, 0.717) is 17.2 Å². The summed E-state index contributed by atoms with van der Waals surface area (Å²) in [6.07, 6.45) is 1.25. The van der Waals surface area contributed by atoms with Crippen LogP contribution in [-0.2, 0) is 9.53 Å². The van der Waals surface area contributed by atoms with E-state index in [1.165, 1.54) is 16.9 Å². The molecular weight excluding hydrogens is 308 g/mol. The highest BCUT2D eigenvalue weighted by Crippen LogP contribution is 2.39. The number of ether oxygens (including phenoxy) is 1. The number of aryl methyl sites for hydroxylation is 2. The predicted molar refractivity (Wildman–Crippen MR) is 91.5 cm³/mol. The summed E-state index contributed by atoms with van der Waals surface area (Å²) in [6.45, 7) is 4.63. The number of carbonyl (C=O) groups is 1. The Balaban J connectivity index is 1.93. The van der Waals surface area contributed by atoms with Gasteiger partial charge in [0.25, 0.3) is 5.91 Å². The third-order valence-corrected chi connectivity index (χ3v) is 5.02. The van der Waals surface area contributed by atoms with Crippen molar-refractivity contribution in [2.45, 2.75) is 32.8 Å². The Morgan fingerprint density at radius 2 is 2.09 bits per heavy atom. The molecule has 1 N–H and O–H groups in total. The van der Waals surface area contributed by atoms with Gasteiger partial charge in [0.2, 0.25) is 0 Å². The van der Waals surface area contributed by atoms with E-state index in [0.717, 1.165) is 28.8 Å². The predicted octanol–water partition coefficient (Wildman–Crippen LogP) is 4.02. The zero-order chi connectivity index (χ0) is 16.4. The molecule has 0 saturated carbocycles. The molecular formula is C18H18N2O2S. The van der Waals surface area contributed by atoms with Gasteiger partial charge in [-0.1, -0.05) is 29.8 Å². The first-order valence-corrected chi connectivity index (χ1v) is 8.45. The molecule has 118 valence electrons. The van der Waals surface area contributed by atoms with Crippen molar-refractivity contribution in [1.82, 2.24) is 0 Å². The van der Waals surface area contributed by atoms with Crippen LogP contribution in [0.4, 0.5) is 5.00 Å². The molecule has 23 heavy (non-hydrogen) atoms. The Bertz CT molecular complexity index is 766. The molecule has 4 nitrogen and oxygen atoms in total. The van der Waals surface area contributed by atoms with Crippen LogP contribution >= 0.6 is 11.3 Å². The summed E-state index contributed by atoms with van der Waals surface area (Å²) in [7, 11) is 0. The van der Waals surface area contributed by atoms with Gasteiger partial charge in [-0.25, -0.2) is 0 Å². The number of nitrogens with zero attached hydrogens (tertiary/aromatic N) is 1. The SMILES string of the molecule is Cc1ccc(-c2c(C)sc(NC(=O)[C@H]3CCCO3)c2C#N)cc1. The molecule has 1 saturated heterocycles. The number of benzene rings is 1. The molecule has 1 fully saturated rings. The van der Waals surface area contributed by atoms with Crippen molar-refractivity contribution in [3.8, 4) is 17.2 Å². The second-order valence-electron chi connectivity index (χ2n) is 5.71. The number of thiophene rings is 1. The van der Waals surface area contributed by atoms with Crippen LogP contribution < -0.4 is 5.32 Å². The summed E-state index contributed by atoms with van der Waals surface area (Å²) in [5.74, 6) is -0.157. The number of carbonyl (C=O) groups excluding carboxylic acids is 1. The minimum atomic E-state index is -0.397. The Labute approximate surface area is 139 Å². The molecule has 2 heterocycles. The van der Waals surface area contributed by atoms with Crippen LogP contribution in [0.1, 0.15) is 28.8 Å². The van der Waals surface area contributed by atoms with Crippen LogP contribution in [0.15, 0.2) is 24.3 Å². The van der Waals surface area contributed by atoms with E-state index >= 15 is 0 Å². The molecule has 0 aliphatic carbocycles. The van der Waals surface area contributed by atoms with Crippen molar-refractivity contribution in [2.75, 3.05) is 11.9 Å². The van der Waals surface area contributed by atoms with Crippen molar-refractivity contribution in [3.05, 3.63) is 40.3 Å². The van der Waals surface area contributed by atoms with Gasteiger partial charge in [-0.05, 0) is 32.3 Å². The summed E-state index contributed by atoms with van der Waals surface area (Å²) in [5, 5.41) is 13.1. The monoisotopic (exact) mass is 326 g/mol. The third kappa shape index (κ3) is 3.14. The minimum Gasteiger partial charge on any atom is -0.368 e. The second kappa shape index (κ2) is 6.53. The first-order valence-electron chi connectivity index (χ1n) is 7.63. The van der Waals surface area contributed by atoms with E-state index in [1.807, 2.05) is 38.1 Å². The highest BCUT2D eigenvalue weighted by molar-refractivity contribution is 7.17. The summed E-state index contributed by atoms with van der Waals surface area (Å²) in [6, 6.07) is 10.3. The quantitative estimate of drug-likeness (QED) is 0.926. The zero-order valence-corrected chi connectivity index (χ0v) is 14.0. The highest BCUT2D eigenvalue weighted by Gasteiger charge is 2.26. The Morgan fingerprint density at radius 1 is 1.35 bits per heavy atom. The largest absolute Gasteiger partial charge is 0.368 e. The number of amides is 1. The molecule has 0 bridgehead atoms. The highest BCUT2D eigenvalue weighted by atomic mass is 32.1. The van der Waals surface area contributed by atoms with E-state index < -0.39 is 6.10 Å². The van der Waals surface area contributed by atoms with Crippen LogP contribution in [0.3, 0.4) is 0 Å². The van der Waals surface area contributed by atoms with Gasteiger partial charge in [0.05, 0.1) is 5.56 Å². The molecule has 0 radical (unpaired) electrons. The summed E-state index contributed by atoms with van der Waals surface area (Å²) < 4.78 is 5.40. The van der Waals surface area contributed by atoms with Gasteiger partial charge in [0.1, 0.15) is 17.2 Å². The molecule has 1 aromatic heterocycles. The first kappa shape index (κ1) is 15.7. The third-order valence-electron chi connectivity index (χ3n) is 4.00. The number of rotatable bonds is 3. The molecule has 1 aliphatic heterocycles. The lowest BCUT2D eigenvalue weighted by Crippen LogP contribution is -2.26. The molecule has 1 atom stereocenters. The van der Waals surface area contributed by atoms with E-state index in [2.05, 4.69) is 11.4 Å². The lowest BCUT2D eigenvalue weighted by atomic mass is 10.0. The maximum absolute atomic E-state index is 12.2. The normalized spacial score (nSPS) is 17.0. The van der Waals surface area contributed by atoms with E-state index in [9.17, 15) is 10.1 Å². The number of hydrogen-bond acceptors (Lipinski definition) is 4. The maximum Gasteiger partial charge on any atom is 0.254 e. The smallest absolute Gasteiger partial charge is 0.254 e. The van der Waals surface area contributed by atoms with Crippen molar-refractivity contribution in [2.24, 2.45) is 0 Å². The molecule has 1 amide bonds. The van der Waals surface area contributed by atoms with Crippen LogP contribution in [0.2, 0.25) is 0 Å².